The van der Waals surface area contributed by atoms with E-state index in [4.69, 9.17) is 0 Å². The highest BCUT2D eigenvalue weighted by Gasteiger charge is 2.41. The van der Waals surface area contributed by atoms with Gasteiger partial charge in [0.1, 0.15) is 6.04 Å². The molecular formula is C23H35N3O3S. The van der Waals surface area contributed by atoms with E-state index in [1.54, 1.807) is 4.90 Å². The van der Waals surface area contributed by atoms with Gasteiger partial charge in [-0.1, -0.05) is 38.2 Å². The minimum Gasteiger partial charge on any atom is -0.349 e. The Bertz CT molecular complexity index is 729. The first-order valence-corrected chi connectivity index (χ1v) is 12.1. The average molecular weight is 434 g/mol. The highest BCUT2D eigenvalue weighted by molar-refractivity contribution is 7.10. The largest absolute Gasteiger partial charge is 0.349 e. The maximum Gasteiger partial charge on any atom is 0.313 e. The fourth-order valence-electron chi connectivity index (χ4n) is 4.57. The Hall–Kier alpha value is -1.89. The van der Waals surface area contributed by atoms with E-state index in [9.17, 15) is 14.4 Å². The molecule has 0 unspecified atom stereocenters. The second-order valence-corrected chi connectivity index (χ2v) is 10.6. The van der Waals surface area contributed by atoms with Crippen LogP contribution in [0.15, 0.2) is 17.5 Å². The summed E-state index contributed by atoms with van der Waals surface area (Å²) in [6, 6.07) is 2.95. The molecule has 1 atom stereocenters. The van der Waals surface area contributed by atoms with Crippen LogP contribution in [0.25, 0.3) is 0 Å². The van der Waals surface area contributed by atoms with Gasteiger partial charge in [0.2, 0.25) is 5.91 Å². The van der Waals surface area contributed by atoms with Crippen LogP contribution in [0.2, 0.25) is 0 Å². The van der Waals surface area contributed by atoms with Crippen LogP contribution in [-0.4, -0.2) is 40.2 Å². The van der Waals surface area contributed by atoms with Crippen molar-refractivity contribution in [1.29, 1.82) is 0 Å². The van der Waals surface area contributed by atoms with Crippen molar-refractivity contribution in [2.75, 3.05) is 0 Å². The number of thiophene rings is 1. The number of hydrogen-bond acceptors (Lipinski definition) is 4. The third-order valence-corrected chi connectivity index (χ3v) is 6.85. The van der Waals surface area contributed by atoms with E-state index in [1.165, 1.54) is 17.8 Å². The van der Waals surface area contributed by atoms with E-state index >= 15 is 0 Å². The number of nitrogens with one attached hydrogen (secondary N) is 2. The van der Waals surface area contributed by atoms with Crippen LogP contribution in [-0.2, 0) is 14.4 Å². The van der Waals surface area contributed by atoms with Crippen LogP contribution in [0.5, 0.6) is 0 Å². The Balaban J connectivity index is 1.87. The molecule has 2 aliphatic rings. The first-order chi connectivity index (χ1) is 14.3. The molecule has 30 heavy (non-hydrogen) atoms. The third kappa shape index (κ3) is 5.84. The zero-order chi connectivity index (χ0) is 21.7. The van der Waals surface area contributed by atoms with E-state index < -0.39 is 23.4 Å². The van der Waals surface area contributed by atoms with Crippen molar-refractivity contribution in [3.63, 3.8) is 0 Å². The molecule has 0 saturated heterocycles. The number of amides is 3. The molecule has 0 bridgehead atoms. The van der Waals surface area contributed by atoms with Gasteiger partial charge in [0.15, 0.2) is 0 Å². The van der Waals surface area contributed by atoms with E-state index in [0.717, 1.165) is 56.2 Å². The molecule has 3 amide bonds. The molecule has 166 valence electrons. The van der Waals surface area contributed by atoms with Crippen LogP contribution < -0.4 is 10.6 Å². The molecule has 1 aromatic heterocycles. The minimum absolute atomic E-state index is 0.0595. The quantitative estimate of drug-likeness (QED) is 0.691. The number of hydrogen-bond donors (Lipinski definition) is 2. The Morgan fingerprint density at radius 2 is 1.67 bits per heavy atom. The lowest BCUT2D eigenvalue weighted by atomic mass is 9.95. The molecule has 1 aromatic rings. The molecular weight excluding hydrogens is 398 g/mol. The summed E-state index contributed by atoms with van der Waals surface area (Å²) in [5.41, 5.74) is -0.429. The highest BCUT2D eigenvalue weighted by Crippen LogP contribution is 2.34. The predicted molar refractivity (Wildman–Crippen MR) is 119 cm³/mol. The molecule has 6 nitrogen and oxygen atoms in total. The fraction of sp³-hybridized carbons (Fsp3) is 0.696. The molecule has 7 heteroatoms. The van der Waals surface area contributed by atoms with Gasteiger partial charge in [-0.15, -0.1) is 11.3 Å². The van der Waals surface area contributed by atoms with Gasteiger partial charge >= 0.3 is 11.8 Å². The van der Waals surface area contributed by atoms with Crippen molar-refractivity contribution >= 4 is 29.1 Å². The van der Waals surface area contributed by atoms with E-state index in [-0.39, 0.29) is 18.0 Å². The molecule has 1 heterocycles. The van der Waals surface area contributed by atoms with Crippen LogP contribution in [0.1, 0.15) is 89.5 Å². The highest BCUT2D eigenvalue weighted by atomic mass is 32.1. The van der Waals surface area contributed by atoms with Gasteiger partial charge in [-0.05, 0) is 57.9 Å². The van der Waals surface area contributed by atoms with Gasteiger partial charge in [-0.2, -0.15) is 0 Å². The summed E-state index contributed by atoms with van der Waals surface area (Å²) >= 11 is 1.45. The fourth-order valence-corrected chi connectivity index (χ4v) is 5.39. The molecule has 2 N–H and O–H groups in total. The normalized spacial score (nSPS) is 19.3. The molecule has 2 aliphatic carbocycles. The molecule has 0 aromatic carbocycles. The van der Waals surface area contributed by atoms with Crippen molar-refractivity contribution in [1.82, 2.24) is 15.5 Å². The van der Waals surface area contributed by atoms with E-state index in [1.807, 2.05) is 38.3 Å². The van der Waals surface area contributed by atoms with Gasteiger partial charge in [-0.25, -0.2) is 0 Å². The van der Waals surface area contributed by atoms with Crippen LogP contribution >= 0.6 is 11.3 Å². The van der Waals surface area contributed by atoms with Crippen molar-refractivity contribution < 1.29 is 14.4 Å². The number of rotatable bonds is 5. The van der Waals surface area contributed by atoms with Crippen LogP contribution in [0.3, 0.4) is 0 Å². The predicted octanol–water partition coefficient (Wildman–Crippen LogP) is 3.92. The van der Waals surface area contributed by atoms with Gasteiger partial charge in [0.05, 0.1) is 0 Å². The van der Waals surface area contributed by atoms with Crippen LogP contribution in [0.4, 0.5) is 0 Å². The summed E-state index contributed by atoms with van der Waals surface area (Å²) in [5.74, 6) is -1.37. The maximum absolute atomic E-state index is 13.4. The number of nitrogens with zero attached hydrogens (tertiary/aromatic N) is 1. The van der Waals surface area contributed by atoms with Gasteiger partial charge in [0, 0.05) is 22.5 Å². The van der Waals surface area contributed by atoms with E-state index in [0.29, 0.717) is 0 Å². The number of carbonyl (C=O) groups is 3. The first kappa shape index (κ1) is 22.8. The first-order valence-electron chi connectivity index (χ1n) is 11.2. The standard InChI is InChI=1S/C23H35N3O3S/c1-23(2,3)25-20(27)19(18-14-9-15-30-18)26(17-12-7-8-13-17)22(29)21(28)24-16-10-5-4-6-11-16/h9,14-17,19H,4-8,10-13H2,1-3H3,(H,24,28)(H,25,27)/t19-/m1/s1. The monoisotopic (exact) mass is 433 g/mol. The van der Waals surface area contributed by atoms with Crippen LogP contribution in [0, 0.1) is 0 Å². The molecule has 0 spiro atoms. The zero-order valence-corrected chi connectivity index (χ0v) is 19.2. The summed E-state index contributed by atoms with van der Waals surface area (Å²) in [6.07, 6.45) is 8.85. The third-order valence-electron chi connectivity index (χ3n) is 5.92. The maximum atomic E-state index is 13.4. The lowest BCUT2D eigenvalue weighted by Crippen LogP contribution is -2.55. The summed E-state index contributed by atoms with van der Waals surface area (Å²) in [6.45, 7) is 5.77. The molecule has 2 saturated carbocycles. The lowest BCUT2D eigenvalue weighted by molar-refractivity contribution is -0.152. The van der Waals surface area contributed by atoms with Gasteiger partial charge < -0.3 is 15.5 Å². The zero-order valence-electron chi connectivity index (χ0n) is 18.4. The summed E-state index contributed by atoms with van der Waals surface area (Å²) in [5, 5.41) is 7.89. The topological polar surface area (TPSA) is 78.5 Å². The average Bonchev–Trinajstić information content (AvgIpc) is 3.38. The van der Waals surface area contributed by atoms with Gasteiger partial charge in [0.25, 0.3) is 0 Å². The Labute approximate surface area is 183 Å². The second kappa shape index (κ2) is 9.94. The summed E-state index contributed by atoms with van der Waals surface area (Å²) in [7, 11) is 0. The Kier molecular flexibility index (Phi) is 7.55. The summed E-state index contributed by atoms with van der Waals surface area (Å²) in [4.78, 5) is 42.1. The SMILES string of the molecule is CC(C)(C)NC(=O)[C@@H](c1cccs1)N(C(=O)C(=O)NC1CCCCC1)C1CCCC1. The molecule has 0 radical (unpaired) electrons. The Morgan fingerprint density at radius 1 is 1.03 bits per heavy atom. The number of carbonyl (C=O) groups excluding carboxylic acids is 3. The molecule has 2 fully saturated rings. The van der Waals surface area contributed by atoms with Crippen molar-refractivity contribution in [3.05, 3.63) is 22.4 Å². The van der Waals surface area contributed by atoms with E-state index in [2.05, 4.69) is 10.6 Å². The van der Waals surface area contributed by atoms with Crippen molar-refractivity contribution in [3.8, 4) is 0 Å². The van der Waals surface area contributed by atoms with Crippen molar-refractivity contribution in [2.45, 2.75) is 102 Å². The molecule has 3 rings (SSSR count). The second-order valence-electron chi connectivity index (χ2n) is 9.62. The Morgan fingerprint density at radius 3 is 2.23 bits per heavy atom. The smallest absolute Gasteiger partial charge is 0.313 e. The van der Waals surface area contributed by atoms with Gasteiger partial charge in [-0.3, -0.25) is 14.4 Å². The summed E-state index contributed by atoms with van der Waals surface area (Å²) < 4.78 is 0. The lowest BCUT2D eigenvalue weighted by Gasteiger charge is -2.36. The molecule has 0 aliphatic heterocycles. The van der Waals surface area contributed by atoms with Crippen molar-refractivity contribution in [2.24, 2.45) is 0 Å². The minimum atomic E-state index is -0.781.